The van der Waals surface area contributed by atoms with Crippen molar-refractivity contribution in [3.05, 3.63) is 63.7 Å². The number of hydrogen-bond donors (Lipinski definition) is 1. The SMILES string of the molecule is Cc1ccc(C)c(Nc2ccc([N+](=O)[O-])cc2)c1. The smallest absolute Gasteiger partial charge is 0.269 e. The predicted octanol–water partition coefficient (Wildman–Crippen LogP) is 3.96. The third-order valence-corrected chi connectivity index (χ3v) is 2.75. The summed E-state index contributed by atoms with van der Waals surface area (Å²) in [5.74, 6) is 0. The molecule has 0 saturated carbocycles. The summed E-state index contributed by atoms with van der Waals surface area (Å²) in [6.07, 6.45) is 0. The largest absolute Gasteiger partial charge is 0.355 e. The van der Waals surface area contributed by atoms with E-state index < -0.39 is 4.92 Å². The van der Waals surface area contributed by atoms with Crippen LogP contribution in [0.1, 0.15) is 11.1 Å². The summed E-state index contributed by atoms with van der Waals surface area (Å²) in [7, 11) is 0. The Bertz CT molecular complexity index is 577. The molecule has 0 aromatic heterocycles. The zero-order chi connectivity index (χ0) is 13.1. The standard InChI is InChI=1S/C14H14N2O2/c1-10-3-4-11(2)14(9-10)15-12-5-7-13(8-6-12)16(17)18/h3-9,15H,1-2H3. The first-order valence-electron chi connectivity index (χ1n) is 5.65. The maximum Gasteiger partial charge on any atom is 0.269 e. The molecule has 2 rings (SSSR count). The Kier molecular flexibility index (Phi) is 3.28. The normalized spacial score (nSPS) is 10.1. The van der Waals surface area contributed by atoms with Crippen molar-refractivity contribution in [3.8, 4) is 0 Å². The molecule has 0 aliphatic carbocycles. The molecule has 0 unspecified atom stereocenters. The van der Waals surface area contributed by atoms with Gasteiger partial charge in [-0.1, -0.05) is 12.1 Å². The predicted molar refractivity (Wildman–Crippen MR) is 72.3 cm³/mol. The summed E-state index contributed by atoms with van der Waals surface area (Å²) in [5.41, 5.74) is 4.27. The molecule has 1 N–H and O–H groups in total. The molecule has 4 nitrogen and oxygen atoms in total. The Hall–Kier alpha value is -2.36. The number of anilines is 2. The molecule has 92 valence electrons. The van der Waals surface area contributed by atoms with E-state index in [-0.39, 0.29) is 5.69 Å². The number of benzene rings is 2. The maximum atomic E-state index is 10.6. The fraction of sp³-hybridized carbons (Fsp3) is 0.143. The van der Waals surface area contributed by atoms with Crippen LogP contribution >= 0.6 is 0 Å². The second-order valence-corrected chi connectivity index (χ2v) is 4.25. The van der Waals surface area contributed by atoms with Crippen LogP contribution < -0.4 is 5.32 Å². The molecule has 18 heavy (non-hydrogen) atoms. The zero-order valence-electron chi connectivity index (χ0n) is 10.3. The average molecular weight is 242 g/mol. The molecule has 0 atom stereocenters. The van der Waals surface area contributed by atoms with E-state index >= 15 is 0 Å². The lowest BCUT2D eigenvalue weighted by molar-refractivity contribution is -0.384. The first-order valence-corrected chi connectivity index (χ1v) is 5.65. The first-order chi connectivity index (χ1) is 8.56. The first kappa shape index (κ1) is 12.1. The summed E-state index contributed by atoms with van der Waals surface area (Å²) < 4.78 is 0. The maximum absolute atomic E-state index is 10.6. The van der Waals surface area contributed by atoms with Crippen LogP contribution in [0.4, 0.5) is 17.1 Å². The van der Waals surface area contributed by atoms with Gasteiger partial charge in [0.2, 0.25) is 0 Å². The summed E-state index contributed by atoms with van der Waals surface area (Å²) >= 11 is 0. The van der Waals surface area contributed by atoms with E-state index in [1.54, 1.807) is 12.1 Å². The van der Waals surface area contributed by atoms with Crippen LogP contribution in [0.15, 0.2) is 42.5 Å². The molecular formula is C14H14N2O2. The van der Waals surface area contributed by atoms with Gasteiger partial charge in [-0.15, -0.1) is 0 Å². The van der Waals surface area contributed by atoms with Crippen LogP contribution in [-0.2, 0) is 0 Å². The van der Waals surface area contributed by atoms with Crippen molar-refractivity contribution in [2.45, 2.75) is 13.8 Å². The Morgan fingerprint density at radius 3 is 2.33 bits per heavy atom. The van der Waals surface area contributed by atoms with Crippen molar-refractivity contribution in [1.29, 1.82) is 0 Å². The molecule has 4 heteroatoms. The number of aryl methyl sites for hydroxylation is 2. The van der Waals surface area contributed by atoms with Gasteiger partial charge >= 0.3 is 0 Å². The van der Waals surface area contributed by atoms with Gasteiger partial charge in [0.1, 0.15) is 0 Å². The van der Waals surface area contributed by atoms with E-state index in [9.17, 15) is 10.1 Å². The lowest BCUT2D eigenvalue weighted by Gasteiger charge is -2.10. The molecule has 0 spiro atoms. The van der Waals surface area contributed by atoms with Crippen molar-refractivity contribution in [1.82, 2.24) is 0 Å². The molecule has 0 heterocycles. The number of non-ortho nitro benzene ring substituents is 1. The minimum atomic E-state index is -0.401. The highest BCUT2D eigenvalue weighted by Crippen LogP contribution is 2.23. The number of nitro groups is 1. The third-order valence-electron chi connectivity index (χ3n) is 2.75. The molecule has 2 aromatic rings. The molecule has 0 bridgehead atoms. The van der Waals surface area contributed by atoms with E-state index in [0.717, 1.165) is 16.9 Å². The second kappa shape index (κ2) is 4.87. The molecule has 0 aliphatic heterocycles. The lowest BCUT2D eigenvalue weighted by atomic mass is 10.1. The van der Waals surface area contributed by atoms with Gasteiger partial charge in [0.25, 0.3) is 5.69 Å². The minimum absolute atomic E-state index is 0.0986. The number of nitro benzene ring substituents is 1. The second-order valence-electron chi connectivity index (χ2n) is 4.25. The van der Waals surface area contributed by atoms with E-state index in [1.807, 2.05) is 19.9 Å². The van der Waals surface area contributed by atoms with Gasteiger partial charge in [-0.2, -0.15) is 0 Å². The van der Waals surface area contributed by atoms with Gasteiger partial charge in [-0.05, 0) is 43.2 Å². The van der Waals surface area contributed by atoms with Crippen molar-refractivity contribution >= 4 is 17.1 Å². The lowest BCUT2D eigenvalue weighted by Crippen LogP contribution is -1.94. The van der Waals surface area contributed by atoms with Gasteiger partial charge in [-0.3, -0.25) is 10.1 Å². The topological polar surface area (TPSA) is 55.2 Å². The Morgan fingerprint density at radius 1 is 1.06 bits per heavy atom. The molecule has 0 fully saturated rings. The summed E-state index contributed by atoms with van der Waals surface area (Å²) in [5, 5.41) is 13.8. The van der Waals surface area contributed by atoms with Crippen molar-refractivity contribution in [2.75, 3.05) is 5.32 Å². The van der Waals surface area contributed by atoms with Crippen molar-refractivity contribution in [2.24, 2.45) is 0 Å². The fourth-order valence-corrected chi connectivity index (χ4v) is 1.69. The van der Waals surface area contributed by atoms with Crippen molar-refractivity contribution in [3.63, 3.8) is 0 Å². The third kappa shape index (κ3) is 2.66. The van der Waals surface area contributed by atoms with Crippen molar-refractivity contribution < 1.29 is 4.92 Å². The monoisotopic (exact) mass is 242 g/mol. The van der Waals surface area contributed by atoms with Crippen LogP contribution in [0.5, 0.6) is 0 Å². The molecule has 0 amide bonds. The molecular weight excluding hydrogens is 228 g/mol. The Morgan fingerprint density at radius 2 is 1.72 bits per heavy atom. The Labute approximate surface area is 105 Å². The molecule has 0 saturated heterocycles. The van der Waals surface area contributed by atoms with E-state index in [2.05, 4.69) is 17.4 Å². The van der Waals surface area contributed by atoms with E-state index in [0.29, 0.717) is 0 Å². The van der Waals surface area contributed by atoms with Gasteiger partial charge in [-0.25, -0.2) is 0 Å². The number of hydrogen-bond acceptors (Lipinski definition) is 3. The summed E-state index contributed by atoms with van der Waals surface area (Å²) in [4.78, 5) is 10.2. The van der Waals surface area contributed by atoms with Crippen LogP contribution in [0.3, 0.4) is 0 Å². The fourth-order valence-electron chi connectivity index (χ4n) is 1.69. The summed E-state index contributed by atoms with van der Waals surface area (Å²) in [6.45, 7) is 4.05. The zero-order valence-corrected chi connectivity index (χ0v) is 10.3. The van der Waals surface area contributed by atoms with E-state index in [1.165, 1.54) is 17.7 Å². The van der Waals surface area contributed by atoms with Crippen LogP contribution in [-0.4, -0.2) is 4.92 Å². The van der Waals surface area contributed by atoms with E-state index in [4.69, 9.17) is 0 Å². The summed E-state index contributed by atoms with van der Waals surface area (Å²) in [6, 6.07) is 12.6. The highest BCUT2D eigenvalue weighted by atomic mass is 16.6. The highest BCUT2D eigenvalue weighted by Gasteiger charge is 2.04. The number of nitrogens with one attached hydrogen (secondary N) is 1. The molecule has 0 radical (unpaired) electrons. The minimum Gasteiger partial charge on any atom is -0.355 e. The van der Waals surface area contributed by atoms with Gasteiger partial charge in [0.05, 0.1) is 4.92 Å². The van der Waals surface area contributed by atoms with Crippen LogP contribution in [0.2, 0.25) is 0 Å². The Balaban J connectivity index is 2.23. The molecule has 0 aliphatic rings. The number of rotatable bonds is 3. The average Bonchev–Trinajstić information content (AvgIpc) is 2.34. The van der Waals surface area contributed by atoms with Crippen LogP contribution in [0, 0.1) is 24.0 Å². The molecule has 2 aromatic carbocycles. The van der Waals surface area contributed by atoms with Gasteiger partial charge in [0.15, 0.2) is 0 Å². The van der Waals surface area contributed by atoms with Gasteiger partial charge in [0, 0.05) is 23.5 Å². The quantitative estimate of drug-likeness (QED) is 0.654. The highest BCUT2D eigenvalue weighted by molar-refractivity contribution is 5.64. The van der Waals surface area contributed by atoms with Crippen LogP contribution in [0.25, 0.3) is 0 Å². The number of nitrogens with zero attached hydrogens (tertiary/aromatic N) is 1. The van der Waals surface area contributed by atoms with Gasteiger partial charge < -0.3 is 5.32 Å².